The van der Waals surface area contributed by atoms with Crippen LogP contribution in [0.25, 0.3) is 6.08 Å². The minimum Gasteiger partial charge on any atom is -0.334 e. The molecule has 9 heteroatoms. The second-order valence-corrected chi connectivity index (χ2v) is 7.94. The molecule has 2 saturated heterocycles. The standard InChI is InChI=1S/C20H28N6O3/c1-14(27)26-12-18(28)23-17(20(26)29)11-16-19(15-3-4-15)25(13-22-16)8-2-7-24-9-5-21-6-10-24/h11,13,15,21H,2-10,12H2,1H3,(H,23,28)/b17-11-. The van der Waals surface area contributed by atoms with E-state index < -0.39 is 11.8 Å². The number of nitrogens with zero attached hydrogens (tertiary/aromatic N) is 4. The highest BCUT2D eigenvalue weighted by Gasteiger charge is 2.33. The summed E-state index contributed by atoms with van der Waals surface area (Å²) in [4.78, 5) is 44.1. The van der Waals surface area contributed by atoms with Crippen LogP contribution in [0, 0.1) is 0 Å². The molecule has 0 aromatic carbocycles. The maximum atomic E-state index is 12.5. The Morgan fingerprint density at radius 2 is 2.00 bits per heavy atom. The van der Waals surface area contributed by atoms with Crippen LogP contribution in [0.5, 0.6) is 0 Å². The Hall–Kier alpha value is -2.52. The van der Waals surface area contributed by atoms with E-state index in [0.29, 0.717) is 11.6 Å². The van der Waals surface area contributed by atoms with Gasteiger partial charge in [0.15, 0.2) is 0 Å². The van der Waals surface area contributed by atoms with Gasteiger partial charge in [0.25, 0.3) is 5.91 Å². The quantitative estimate of drug-likeness (QED) is 0.647. The molecule has 3 fully saturated rings. The molecule has 1 aliphatic carbocycles. The summed E-state index contributed by atoms with van der Waals surface area (Å²) in [6.07, 6.45) is 6.71. The number of aryl methyl sites for hydroxylation is 1. The molecule has 0 bridgehead atoms. The topological polar surface area (TPSA) is 99.6 Å². The highest BCUT2D eigenvalue weighted by molar-refractivity contribution is 6.12. The Kier molecular flexibility index (Phi) is 5.77. The van der Waals surface area contributed by atoms with E-state index in [9.17, 15) is 14.4 Å². The molecule has 3 amide bonds. The number of hydrogen-bond donors (Lipinski definition) is 2. The minimum atomic E-state index is -0.480. The average molecular weight is 400 g/mol. The van der Waals surface area contributed by atoms with E-state index in [2.05, 4.69) is 25.1 Å². The van der Waals surface area contributed by atoms with Crippen LogP contribution in [-0.2, 0) is 20.9 Å². The van der Waals surface area contributed by atoms with Crippen molar-refractivity contribution >= 4 is 23.8 Å². The van der Waals surface area contributed by atoms with Gasteiger partial charge in [0, 0.05) is 51.3 Å². The molecular formula is C20H28N6O3. The van der Waals surface area contributed by atoms with E-state index in [1.165, 1.54) is 6.92 Å². The number of aromatic nitrogens is 2. The van der Waals surface area contributed by atoms with Crippen molar-refractivity contribution in [3.8, 4) is 0 Å². The van der Waals surface area contributed by atoms with Crippen molar-refractivity contribution in [1.82, 2.24) is 30.0 Å². The van der Waals surface area contributed by atoms with Crippen molar-refractivity contribution in [2.24, 2.45) is 0 Å². The summed E-state index contributed by atoms with van der Waals surface area (Å²) in [7, 11) is 0. The molecule has 3 heterocycles. The highest BCUT2D eigenvalue weighted by Crippen LogP contribution is 2.42. The second-order valence-electron chi connectivity index (χ2n) is 7.94. The molecule has 4 rings (SSSR count). The number of carbonyl (C=O) groups excluding carboxylic acids is 3. The van der Waals surface area contributed by atoms with Crippen molar-refractivity contribution in [2.45, 2.75) is 38.6 Å². The van der Waals surface area contributed by atoms with E-state index in [1.807, 2.05) is 6.33 Å². The third-order valence-corrected chi connectivity index (χ3v) is 5.67. The van der Waals surface area contributed by atoms with Gasteiger partial charge in [-0.1, -0.05) is 0 Å². The van der Waals surface area contributed by atoms with Gasteiger partial charge in [-0.2, -0.15) is 0 Å². The summed E-state index contributed by atoms with van der Waals surface area (Å²) in [6, 6.07) is 0. The lowest BCUT2D eigenvalue weighted by atomic mass is 10.1. The second kappa shape index (κ2) is 8.46. The molecule has 2 N–H and O–H groups in total. The number of imide groups is 1. The van der Waals surface area contributed by atoms with E-state index >= 15 is 0 Å². The lowest BCUT2D eigenvalue weighted by Gasteiger charge is -2.27. The summed E-state index contributed by atoms with van der Waals surface area (Å²) >= 11 is 0. The van der Waals surface area contributed by atoms with Gasteiger partial charge in [0.05, 0.1) is 12.0 Å². The molecule has 1 saturated carbocycles. The molecule has 0 spiro atoms. The van der Waals surface area contributed by atoms with Gasteiger partial charge in [0.1, 0.15) is 12.2 Å². The Morgan fingerprint density at radius 1 is 1.24 bits per heavy atom. The number of nitrogens with one attached hydrogen (secondary N) is 2. The van der Waals surface area contributed by atoms with Gasteiger partial charge in [-0.3, -0.25) is 19.3 Å². The molecule has 1 aromatic rings. The highest BCUT2D eigenvalue weighted by atomic mass is 16.2. The van der Waals surface area contributed by atoms with Gasteiger partial charge >= 0.3 is 0 Å². The Labute approximate surface area is 170 Å². The maximum Gasteiger partial charge on any atom is 0.277 e. The third-order valence-electron chi connectivity index (χ3n) is 5.67. The maximum absolute atomic E-state index is 12.5. The van der Waals surface area contributed by atoms with Crippen molar-refractivity contribution in [2.75, 3.05) is 39.3 Å². The zero-order valence-corrected chi connectivity index (χ0v) is 16.8. The first-order valence-corrected chi connectivity index (χ1v) is 10.3. The van der Waals surface area contributed by atoms with Gasteiger partial charge < -0.3 is 20.1 Å². The van der Waals surface area contributed by atoms with Crippen LogP contribution < -0.4 is 10.6 Å². The largest absolute Gasteiger partial charge is 0.334 e. The van der Waals surface area contributed by atoms with Gasteiger partial charge in [-0.25, -0.2) is 4.98 Å². The van der Waals surface area contributed by atoms with Crippen LogP contribution in [0.1, 0.15) is 43.5 Å². The summed E-state index contributed by atoms with van der Waals surface area (Å²) in [5, 5.41) is 5.97. The van der Waals surface area contributed by atoms with Crippen molar-refractivity contribution in [1.29, 1.82) is 0 Å². The summed E-state index contributed by atoms with van der Waals surface area (Å²) in [6.45, 7) is 7.27. The molecule has 1 aromatic heterocycles. The number of piperazine rings is 2. The number of hydrogen-bond acceptors (Lipinski definition) is 6. The Balaban J connectivity index is 1.49. The summed E-state index contributed by atoms with van der Waals surface area (Å²) in [5.41, 5.74) is 1.95. The number of imidazole rings is 1. The fraction of sp³-hybridized carbons (Fsp3) is 0.600. The first-order chi connectivity index (χ1) is 14.0. The average Bonchev–Trinajstić information content (AvgIpc) is 3.46. The van der Waals surface area contributed by atoms with Gasteiger partial charge in [0.2, 0.25) is 11.8 Å². The molecule has 9 nitrogen and oxygen atoms in total. The summed E-state index contributed by atoms with van der Waals surface area (Å²) < 4.78 is 2.18. The molecule has 0 unspecified atom stereocenters. The number of rotatable bonds is 6. The van der Waals surface area contributed by atoms with Gasteiger partial charge in [-0.15, -0.1) is 0 Å². The summed E-state index contributed by atoms with van der Waals surface area (Å²) in [5.74, 6) is -0.833. The van der Waals surface area contributed by atoms with E-state index in [0.717, 1.165) is 69.1 Å². The van der Waals surface area contributed by atoms with E-state index in [-0.39, 0.29) is 18.1 Å². The van der Waals surface area contributed by atoms with Crippen LogP contribution in [0.4, 0.5) is 0 Å². The van der Waals surface area contributed by atoms with Crippen LogP contribution >= 0.6 is 0 Å². The van der Waals surface area contributed by atoms with Crippen LogP contribution in [-0.4, -0.2) is 76.3 Å². The first kappa shape index (κ1) is 19.8. The lowest BCUT2D eigenvalue weighted by molar-refractivity contribution is -0.147. The number of amides is 3. The molecular weight excluding hydrogens is 372 g/mol. The molecule has 0 atom stereocenters. The normalized spacial score (nSPS) is 22.2. The van der Waals surface area contributed by atoms with Crippen LogP contribution in [0.2, 0.25) is 0 Å². The zero-order valence-electron chi connectivity index (χ0n) is 16.8. The van der Waals surface area contributed by atoms with E-state index in [4.69, 9.17) is 0 Å². The molecule has 29 heavy (non-hydrogen) atoms. The van der Waals surface area contributed by atoms with Crippen molar-refractivity contribution in [3.63, 3.8) is 0 Å². The SMILES string of the molecule is CC(=O)N1CC(=O)N/C(=C\c2ncn(CCCN3CCNCC3)c2C2CC2)C1=O. The lowest BCUT2D eigenvalue weighted by Crippen LogP contribution is -2.51. The van der Waals surface area contributed by atoms with Crippen LogP contribution in [0.3, 0.4) is 0 Å². The third kappa shape index (κ3) is 4.56. The predicted molar refractivity (Wildman–Crippen MR) is 107 cm³/mol. The van der Waals surface area contributed by atoms with E-state index in [1.54, 1.807) is 6.08 Å². The zero-order chi connectivity index (χ0) is 20.4. The fourth-order valence-electron chi connectivity index (χ4n) is 3.99. The Bertz CT molecular complexity index is 835. The molecule has 2 aliphatic heterocycles. The first-order valence-electron chi connectivity index (χ1n) is 10.3. The van der Waals surface area contributed by atoms with Gasteiger partial charge in [-0.05, 0) is 31.9 Å². The Morgan fingerprint density at radius 3 is 2.69 bits per heavy atom. The fourth-order valence-corrected chi connectivity index (χ4v) is 3.99. The smallest absolute Gasteiger partial charge is 0.277 e. The predicted octanol–water partition coefficient (Wildman–Crippen LogP) is -0.0984. The number of carbonyl (C=O) groups is 3. The van der Waals surface area contributed by atoms with Crippen molar-refractivity contribution < 1.29 is 14.4 Å². The van der Waals surface area contributed by atoms with Crippen molar-refractivity contribution in [3.05, 3.63) is 23.4 Å². The molecule has 0 radical (unpaired) electrons. The molecule has 3 aliphatic rings. The monoisotopic (exact) mass is 400 g/mol. The van der Waals surface area contributed by atoms with Crippen LogP contribution in [0.15, 0.2) is 12.0 Å². The minimum absolute atomic E-state index is 0.115. The molecule has 156 valence electrons.